The van der Waals surface area contributed by atoms with E-state index in [2.05, 4.69) is 5.32 Å². The van der Waals surface area contributed by atoms with Crippen LogP contribution in [0.3, 0.4) is 0 Å². The van der Waals surface area contributed by atoms with Crippen molar-refractivity contribution in [3.05, 3.63) is 99.8 Å². The van der Waals surface area contributed by atoms with Gasteiger partial charge in [0.2, 0.25) is 0 Å². The van der Waals surface area contributed by atoms with Crippen LogP contribution in [-0.2, 0) is 0 Å². The summed E-state index contributed by atoms with van der Waals surface area (Å²) in [6.45, 7) is 5.18. The van der Waals surface area contributed by atoms with E-state index in [1.54, 1.807) is 24.3 Å². The number of aryl methyl sites for hydroxylation is 1. The number of benzene rings is 2. The lowest BCUT2D eigenvalue weighted by Gasteiger charge is -2.32. The molecule has 33 heavy (non-hydrogen) atoms. The average Bonchev–Trinajstić information content (AvgIpc) is 2.84. The molecule has 2 heterocycles. The van der Waals surface area contributed by atoms with Crippen LogP contribution in [0, 0.1) is 6.92 Å². The largest absolute Gasteiger partial charge is 0.345 e. The number of amides is 2. The predicted molar refractivity (Wildman–Crippen MR) is 131 cm³/mol. The van der Waals surface area contributed by atoms with Crippen LogP contribution in [0.4, 0.5) is 0 Å². The summed E-state index contributed by atoms with van der Waals surface area (Å²) in [7, 11) is 0. The van der Waals surface area contributed by atoms with Gasteiger partial charge >= 0.3 is 0 Å². The van der Waals surface area contributed by atoms with Crippen LogP contribution in [0.25, 0.3) is 0 Å². The summed E-state index contributed by atoms with van der Waals surface area (Å²) in [6, 6.07) is 20.5. The first kappa shape index (κ1) is 23.0. The molecule has 4 rings (SSSR count). The third-order valence-corrected chi connectivity index (χ3v) is 6.47. The van der Waals surface area contributed by atoms with Crippen molar-refractivity contribution in [3.8, 4) is 0 Å². The van der Waals surface area contributed by atoms with Crippen molar-refractivity contribution in [2.45, 2.75) is 38.6 Å². The molecule has 6 heteroatoms. The Labute approximate surface area is 199 Å². The van der Waals surface area contributed by atoms with Crippen molar-refractivity contribution >= 4 is 23.4 Å². The van der Waals surface area contributed by atoms with Crippen LogP contribution in [0.5, 0.6) is 0 Å². The van der Waals surface area contributed by atoms with Gasteiger partial charge in [-0.15, -0.1) is 0 Å². The monoisotopic (exact) mass is 461 g/mol. The lowest BCUT2D eigenvalue weighted by molar-refractivity contribution is 0.0710. The average molecular weight is 462 g/mol. The highest BCUT2D eigenvalue weighted by atomic mass is 35.5. The molecule has 1 aliphatic rings. The molecule has 0 spiro atoms. The Kier molecular flexibility index (Phi) is 7.09. The number of hydrogen-bond donors (Lipinski definition) is 1. The second kappa shape index (κ2) is 10.2. The highest BCUT2D eigenvalue weighted by Crippen LogP contribution is 2.30. The van der Waals surface area contributed by atoms with Gasteiger partial charge in [-0.3, -0.25) is 14.6 Å². The summed E-state index contributed by atoms with van der Waals surface area (Å²) in [5, 5.41) is 3.72. The lowest BCUT2D eigenvalue weighted by Crippen LogP contribution is -2.38. The number of nitrogens with zero attached hydrogens (tertiary/aromatic N) is 2. The molecule has 0 radical (unpaired) electrons. The molecule has 1 unspecified atom stereocenters. The van der Waals surface area contributed by atoms with Crippen molar-refractivity contribution in [1.29, 1.82) is 0 Å². The predicted octanol–water partition coefficient (Wildman–Crippen LogP) is 5.55. The van der Waals surface area contributed by atoms with E-state index >= 15 is 0 Å². The Balaban J connectivity index is 1.46. The second-order valence-corrected chi connectivity index (χ2v) is 9.00. The molecule has 1 aromatic heterocycles. The summed E-state index contributed by atoms with van der Waals surface area (Å²) in [5.41, 5.74) is 4.03. The van der Waals surface area contributed by atoms with E-state index in [0.29, 0.717) is 29.2 Å². The first-order valence-corrected chi connectivity index (χ1v) is 11.7. The molecule has 170 valence electrons. The van der Waals surface area contributed by atoms with Crippen molar-refractivity contribution in [2.24, 2.45) is 0 Å². The number of hydrogen-bond acceptors (Lipinski definition) is 3. The molecule has 3 aromatic rings. The van der Waals surface area contributed by atoms with Gasteiger partial charge in [-0.25, -0.2) is 0 Å². The smallest absolute Gasteiger partial charge is 0.253 e. The van der Waals surface area contributed by atoms with E-state index < -0.39 is 0 Å². The summed E-state index contributed by atoms with van der Waals surface area (Å²) >= 11 is 5.94. The van der Waals surface area contributed by atoms with E-state index in [-0.39, 0.29) is 23.8 Å². The van der Waals surface area contributed by atoms with Crippen LogP contribution >= 0.6 is 11.6 Å². The summed E-state index contributed by atoms with van der Waals surface area (Å²) in [4.78, 5) is 32.6. The highest BCUT2D eigenvalue weighted by Gasteiger charge is 2.28. The Hall–Kier alpha value is -3.18. The van der Waals surface area contributed by atoms with E-state index in [1.807, 2.05) is 61.2 Å². The number of rotatable bonds is 5. The number of likely N-dealkylation sites (tertiary alicyclic amines) is 1. The number of aromatic nitrogens is 1. The van der Waals surface area contributed by atoms with Gasteiger partial charge in [-0.1, -0.05) is 41.9 Å². The van der Waals surface area contributed by atoms with Gasteiger partial charge in [-0.2, -0.15) is 0 Å². The molecule has 0 saturated carbocycles. The summed E-state index contributed by atoms with van der Waals surface area (Å²) < 4.78 is 0. The number of piperidine rings is 1. The van der Waals surface area contributed by atoms with Crippen molar-refractivity contribution in [2.75, 3.05) is 13.1 Å². The summed E-state index contributed by atoms with van der Waals surface area (Å²) in [5.74, 6) is 0.0254. The number of pyridine rings is 1. The minimum atomic E-state index is -0.117. The minimum absolute atomic E-state index is 0.0111. The van der Waals surface area contributed by atoms with Gasteiger partial charge in [0.05, 0.1) is 17.3 Å². The number of carbonyl (C=O) groups is 2. The zero-order valence-electron chi connectivity index (χ0n) is 18.9. The topological polar surface area (TPSA) is 62.3 Å². The highest BCUT2D eigenvalue weighted by molar-refractivity contribution is 6.30. The molecule has 0 bridgehead atoms. The normalized spacial score (nSPS) is 15.2. The molecular weight excluding hydrogens is 434 g/mol. The SMILES string of the molecule is Cc1ccc(C(=O)NC(C)c2ccccc2)c(C2CCN(C(=O)c3ccc(Cl)cc3)CC2)n1. The Bertz CT molecular complexity index is 1120. The fraction of sp³-hybridized carbons (Fsp3) is 0.296. The zero-order valence-corrected chi connectivity index (χ0v) is 19.7. The zero-order chi connectivity index (χ0) is 23.4. The van der Waals surface area contributed by atoms with Crippen LogP contribution in [0.15, 0.2) is 66.7 Å². The van der Waals surface area contributed by atoms with Crippen LogP contribution in [-0.4, -0.2) is 34.8 Å². The Morgan fingerprint density at radius 3 is 2.33 bits per heavy atom. The molecule has 2 aromatic carbocycles. The van der Waals surface area contributed by atoms with E-state index in [4.69, 9.17) is 16.6 Å². The molecular formula is C27H28ClN3O2. The molecule has 0 aliphatic carbocycles. The number of halogens is 1. The maximum absolute atomic E-state index is 13.2. The first-order chi connectivity index (χ1) is 15.9. The summed E-state index contributed by atoms with van der Waals surface area (Å²) in [6.07, 6.45) is 1.54. The van der Waals surface area contributed by atoms with Crippen molar-refractivity contribution in [3.63, 3.8) is 0 Å². The van der Waals surface area contributed by atoms with Crippen molar-refractivity contribution < 1.29 is 9.59 Å². The fourth-order valence-corrected chi connectivity index (χ4v) is 4.44. The Morgan fingerprint density at radius 2 is 1.67 bits per heavy atom. The molecule has 1 N–H and O–H groups in total. The first-order valence-electron chi connectivity index (χ1n) is 11.3. The third-order valence-electron chi connectivity index (χ3n) is 6.22. The third kappa shape index (κ3) is 5.42. The Morgan fingerprint density at radius 1 is 1.00 bits per heavy atom. The molecule has 2 amide bonds. The van der Waals surface area contributed by atoms with E-state index in [9.17, 15) is 9.59 Å². The van der Waals surface area contributed by atoms with E-state index in [1.165, 1.54) is 0 Å². The quantitative estimate of drug-likeness (QED) is 0.541. The fourth-order valence-electron chi connectivity index (χ4n) is 4.31. The second-order valence-electron chi connectivity index (χ2n) is 8.56. The van der Waals surface area contributed by atoms with E-state index in [0.717, 1.165) is 29.8 Å². The molecule has 1 atom stereocenters. The molecule has 1 saturated heterocycles. The van der Waals surface area contributed by atoms with Gasteiger partial charge in [0.1, 0.15) is 0 Å². The van der Waals surface area contributed by atoms with Crippen molar-refractivity contribution in [1.82, 2.24) is 15.2 Å². The maximum atomic E-state index is 13.2. The number of nitrogens with one attached hydrogen (secondary N) is 1. The minimum Gasteiger partial charge on any atom is -0.345 e. The molecule has 1 aliphatic heterocycles. The van der Waals surface area contributed by atoms with Crippen LogP contribution < -0.4 is 5.32 Å². The molecule has 5 nitrogen and oxygen atoms in total. The van der Waals surface area contributed by atoms with Gasteiger partial charge in [0.25, 0.3) is 11.8 Å². The maximum Gasteiger partial charge on any atom is 0.253 e. The number of carbonyl (C=O) groups excluding carboxylic acids is 2. The van der Waals surface area contributed by atoms with Gasteiger partial charge < -0.3 is 10.2 Å². The van der Waals surface area contributed by atoms with Crippen LogP contribution in [0.1, 0.15) is 69.4 Å². The van der Waals surface area contributed by atoms with Gasteiger partial charge in [0, 0.05) is 35.3 Å². The lowest BCUT2D eigenvalue weighted by atomic mass is 9.89. The van der Waals surface area contributed by atoms with Crippen LogP contribution in [0.2, 0.25) is 5.02 Å². The molecule has 1 fully saturated rings. The van der Waals surface area contributed by atoms with Gasteiger partial charge in [-0.05, 0) is 68.7 Å². The van der Waals surface area contributed by atoms with Gasteiger partial charge in [0.15, 0.2) is 0 Å². The standard InChI is InChI=1S/C27H28ClN3O2/c1-18-8-13-24(26(32)30-19(2)20-6-4-3-5-7-20)25(29-18)21-14-16-31(17-15-21)27(33)22-9-11-23(28)12-10-22/h3-13,19,21H,14-17H2,1-2H3,(H,30,32).